The Morgan fingerprint density at radius 2 is 2.00 bits per heavy atom. The number of nitrogens with one attached hydrogen (secondary N) is 2. The molecular weight excluding hydrogens is 377 g/mol. The summed E-state index contributed by atoms with van der Waals surface area (Å²) in [6.45, 7) is 3.59. The Bertz CT molecular complexity index is 832. The molecule has 3 rings (SSSR count). The molecule has 28 heavy (non-hydrogen) atoms. The summed E-state index contributed by atoms with van der Waals surface area (Å²) in [4.78, 5) is 26.1. The third kappa shape index (κ3) is 5.56. The lowest BCUT2D eigenvalue weighted by atomic mass is 10.1. The van der Waals surface area contributed by atoms with E-state index in [2.05, 4.69) is 27.7 Å². The van der Waals surface area contributed by atoms with Crippen LogP contribution in [0.25, 0.3) is 0 Å². The van der Waals surface area contributed by atoms with Gasteiger partial charge in [0.2, 0.25) is 5.91 Å². The molecule has 1 saturated heterocycles. The fraction of sp³-hybridized carbons (Fsp3) is 0.333. The van der Waals surface area contributed by atoms with Gasteiger partial charge in [-0.15, -0.1) is 0 Å². The van der Waals surface area contributed by atoms with Gasteiger partial charge in [0.15, 0.2) is 0 Å². The van der Waals surface area contributed by atoms with Crippen LogP contribution in [0.2, 0.25) is 0 Å². The Kier molecular flexibility index (Phi) is 7.06. The molecule has 0 aromatic heterocycles. The van der Waals surface area contributed by atoms with Crippen molar-refractivity contribution in [2.45, 2.75) is 19.5 Å². The molecule has 2 aromatic carbocycles. The standard InChI is InChI=1S/C21H24FN3O2S/c1-15(26)24-17-7-8-20(22)19(11-17)21(27)23-12-18-14-28-10-9-25(18)13-16-5-3-2-4-6-16/h2-8,11,18H,9-10,12-14H2,1H3,(H,23,27)(H,24,26). The number of benzene rings is 2. The summed E-state index contributed by atoms with van der Waals surface area (Å²) < 4.78 is 14.1. The predicted octanol–water partition coefficient (Wildman–Crippen LogP) is 3.13. The van der Waals surface area contributed by atoms with Crippen molar-refractivity contribution in [3.8, 4) is 0 Å². The van der Waals surface area contributed by atoms with Crippen LogP contribution in [0.4, 0.5) is 10.1 Å². The molecule has 1 heterocycles. The minimum atomic E-state index is -0.606. The lowest BCUT2D eigenvalue weighted by Crippen LogP contribution is -2.48. The molecule has 1 aliphatic heterocycles. The monoisotopic (exact) mass is 401 g/mol. The topological polar surface area (TPSA) is 61.4 Å². The number of hydrogen-bond donors (Lipinski definition) is 2. The van der Waals surface area contributed by atoms with E-state index in [0.717, 1.165) is 24.6 Å². The van der Waals surface area contributed by atoms with Crippen LogP contribution in [0.15, 0.2) is 48.5 Å². The van der Waals surface area contributed by atoms with Gasteiger partial charge >= 0.3 is 0 Å². The van der Waals surface area contributed by atoms with Crippen molar-refractivity contribution in [3.05, 3.63) is 65.5 Å². The molecule has 0 saturated carbocycles. The van der Waals surface area contributed by atoms with E-state index >= 15 is 0 Å². The van der Waals surface area contributed by atoms with Crippen LogP contribution >= 0.6 is 11.8 Å². The molecule has 5 nitrogen and oxygen atoms in total. The van der Waals surface area contributed by atoms with Crippen LogP contribution in [-0.2, 0) is 11.3 Å². The summed E-state index contributed by atoms with van der Waals surface area (Å²) in [5, 5.41) is 5.43. The van der Waals surface area contributed by atoms with Gasteiger partial charge in [0.25, 0.3) is 5.91 Å². The normalized spacial score (nSPS) is 17.1. The summed E-state index contributed by atoms with van der Waals surface area (Å²) in [5.41, 5.74) is 1.57. The molecule has 0 spiro atoms. The van der Waals surface area contributed by atoms with Gasteiger partial charge in [0.05, 0.1) is 5.56 Å². The van der Waals surface area contributed by atoms with Crippen molar-refractivity contribution >= 4 is 29.3 Å². The van der Waals surface area contributed by atoms with Gasteiger partial charge in [-0.3, -0.25) is 14.5 Å². The van der Waals surface area contributed by atoms with E-state index in [9.17, 15) is 14.0 Å². The Balaban J connectivity index is 1.63. The molecule has 148 valence electrons. The molecule has 2 N–H and O–H groups in total. The van der Waals surface area contributed by atoms with Gasteiger partial charge in [-0.1, -0.05) is 30.3 Å². The lowest BCUT2D eigenvalue weighted by Gasteiger charge is -2.35. The Hall–Kier alpha value is -2.38. The molecule has 1 fully saturated rings. The summed E-state index contributed by atoms with van der Waals surface area (Å²) in [6, 6.07) is 14.4. The van der Waals surface area contributed by atoms with E-state index in [0.29, 0.717) is 12.2 Å². The van der Waals surface area contributed by atoms with Gasteiger partial charge in [-0.05, 0) is 23.8 Å². The summed E-state index contributed by atoms with van der Waals surface area (Å²) >= 11 is 1.86. The molecule has 1 unspecified atom stereocenters. The van der Waals surface area contributed by atoms with Crippen LogP contribution in [0, 0.1) is 5.82 Å². The zero-order chi connectivity index (χ0) is 19.9. The van der Waals surface area contributed by atoms with E-state index in [1.165, 1.54) is 30.7 Å². The van der Waals surface area contributed by atoms with E-state index < -0.39 is 11.7 Å². The average Bonchev–Trinajstić information content (AvgIpc) is 2.69. The second-order valence-electron chi connectivity index (χ2n) is 6.77. The highest BCUT2D eigenvalue weighted by Crippen LogP contribution is 2.19. The fourth-order valence-electron chi connectivity index (χ4n) is 3.19. The fourth-order valence-corrected chi connectivity index (χ4v) is 4.32. The number of hydrogen-bond acceptors (Lipinski definition) is 4. The molecule has 1 aliphatic rings. The van der Waals surface area contributed by atoms with Crippen molar-refractivity contribution in [1.82, 2.24) is 10.2 Å². The zero-order valence-electron chi connectivity index (χ0n) is 15.8. The second kappa shape index (κ2) is 9.71. The largest absolute Gasteiger partial charge is 0.350 e. The summed E-state index contributed by atoms with van der Waals surface area (Å²) in [5.74, 6) is 0.631. The molecule has 7 heteroatoms. The van der Waals surface area contributed by atoms with Crippen LogP contribution in [0.3, 0.4) is 0 Å². The summed E-state index contributed by atoms with van der Waals surface area (Å²) in [6.07, 6.45) is 0. The lowest BCUT2D eigenvalue weighted by molar-refractivity contribution is -0.114. The van der Waals surface area contributed by atoms with Gasteiger partial charge < -0.3 is 10.6 Å². The molecule has 0 radical (unpaired) electrons. The van der Waals surface area contributed by atoms with Crippen molar-refractivity contribution in [2.75, 3.05) is 29.9 Å². The van der Waals surface area contributed by atoms with Gasteiger partial charge in [0, 0.05) is 49.8 Å². The molecule has 2 amide bonds. The van der Waals surface area contributed by atoms with Gasteiger partial charge in [0.1, 0.15) is 5.82 Å². The Morgan fingerprint density at radius 1 is 1.21 bits per heavy atom. The third-order valence-electron chi connectivity index (χ3n) is 4.61. The van der Waals surface area contributed by atoms with E-state index in [4.69, 9.17) is 0 Å². The minimum Gasteiger partial charge on any atom is -0.350 e. The number of anilines is 1. The zero-order valence-corrected chi connectivity index (χ0v) is 16.6. The third-order valence-corrected chi connectivity index (χ3v) is 5.70. The number of halogens is 1. The number of nitrogens with zero attached hydrogens (tertiary/aromatic N) is 1. The summed E-state index contributed by atoms with van der Waals surface area (Å²) in [7, 11) is 0. The second-order valence-corrected chi connectivity index (χ2v) is 7.92. The SMILES string of the molecule is CC(=O)Nc1ccc(F)c(C(=O)NCC2CSCCN2Cc2ccccc2)c1. The predicted molar refractivity (Wildman–Crippen MR) is 111 cm³/mol. The first-order valence-corrected chi connectivity index (χ1v) is 10.4. The minimum absolute atomic E-state index is 0.0654. The molecule has 1 atom stereocenters. The molecular formula is C21H24FN3O2S. The van der Waals surface area contributed by atoms with Crippen LogP contribution < -0.4 is 10.6 Å². The number of rotatable bonds is 6. The average molecular weight is 402 g/mol. The maximum atomic E-state index is 14.1. The maximum absolute atomic E-state index is 14.1. The molecule has 0 aliphatic carbocycles. The van der Waals surface area contributed by atoms with E-state index in [1.54, 1.807) is 0 Å². The van der Waals surface area contributed by atoms with Crippen molar-refractivity contribution in [2.24, 2.45) is 0 Å². The van der Waals surface area contributed by atoms with Gasteiger partial charge in [-0.2, -0.15) is 11.8 Å². The Morgan fingerprint density at radius 3 is 2.75 bits per heavy atom. The van der Waals surface area contributed by atoms with Crippen LogP contribution in [-0.4, -0.2) is 47.4 Å². The highest BCUT2D eigenvalue weighted by atomic mass is 32.2. The quantitative estimate of drug-likeness (QED) is 0.781. The highest BCUT2D eigenvalue weighted by Gasteiger charge is 2.24. The maximum Gasteiger partial charge on any atom is 0.254 e. The van der Waals surface area contributed by atoms with E-state index in [-0.39, 0.29) is 17.5 Å². The van der Waals surface area contributed by atoms with Crippen molar-refractivity contribution in [1.29, 1.82) is 0 Å². The highest BCUT2D eigenvalue weighted by molar-refractivity contribution is 7.99. The smallest absolute Gasteiger partial charge is 0.254 e. The number of carbonyl (C=O) groups excluding carboxylic acids is 2. The molecule has 2 aromatic rings. The number of carbonyl (C=O) groups is 2. The Labute approximate surface area is 168 Å². The van der Waals surface area contributed by atoms with Crippen molar-refractivity contribution in [3.63, 3.8) is 0 Å². The molecule has 0 bridgehead atoms. The first-order chi connectivity index (χ1) is 13.5. The first-order valence-electron chi connectivity index (χ1n) is 9.24. The first kappa shape index (κ1) is 20.4. The number of thioether (sulfide) groups is 1. The van der Waals surface area contributed by atoms with Gasteiger partial charge in [-0.25, -0.2) is 4.39 Å². The van der Waals surface area contributed by atoms with Crippen LogP contribution in [0.1, 0.15) is 22.8 Å². The van der Waals surface area contributed by atoms with E-state index in [1.807, 2.05) is 30.0 Å². The van der Waals surface area contributed by atoms with Crippen LogP contribution in [0.5, 0.6) is 0 Å². The number of amides is 2. The van der Waals surface area contributed by atoms with Crippen molar-refractivity contribution < 1.29 is 14.0 Å².